The first-order valence-corrected chi connectivity index (χ1v) is 9.25. The van der Waals surface area contributed by atoms with Crippen LogP contribution in [0, 0.1) is 0 Å². The number of rotatable bonds is 5. The summed E-state index contributed by atoms with van der Waals surface area (Å²) in [6.07, 6.45) is 1.90. The number of nitrogens with one attached hydrogen (secondary N) is 1. The monoisotopic (exact) mass is 348 g/mol. The normalized spacial score (nSPS) is 19.4. The van der Waals surface area contributed by atoms with Crippen LogP contribution >= 0.6 is 11.3 Å². The van der Waals surface area contributed by atoms with Gasteiger partial charge in [-0.1, -0.05) is 18.2 Å². The molecule has 2 atom stereocenters. The van der Waals surface area contributed by atoms with E-state index in [1.807, 2.05) is 24.0 Å². The summed E-state index contributed by atoms with van der Waals surface area (Å²) in [6, 6.07) is 10.3. The van der Waals surface area contributed by atoms with E-state index in [4.69, 9.17) is 9.84 Å². The standard InChI is InChI=1S/C18H24N2O3S/c1-13(17-11-14-5-2-3-7-16(14)24-17)19-18(22)20-8-4-6-15(12-20)23-10-9-21/h2-3,5,7,11,13,15,21H,4,6,8-10,12H2,1H3,(H,19,22)/t13-,15+/m0/s1. The number of amides is 2. The lowest BCUT2D eigenvalue weighted by molar-refractivity contribution is -0.00595. The van der Waals surface area contributed by atoms with Gasteiger partial charge in [0, 0.05) is 22.7 Å². The number of hydrogen-bond acceptors (Lipinski definition) is 4. The van der Waals surface area contributed by atoms with Crippen LogP contribution in [0.2, 0.25) is 0 Å². The van der Waals surface area contributed by atoms with Gasteiger partial charge in [0.05, 0.1) is 25.4 Å². The third kappa shape index (κ3) is 4.06. The fourth-order valence-electron chi connectivity index (χ4n) is 3.04. The molecule has 2 amide bonds. The first kappa shape index (κ1) is 17.2. The van der Waals surface area contributed by atoms with Gasteiger partial charge in [0.1, 0.15) is 0 Å². The van der Waals surface area contributed by atoms with Crippen LogP contribution in [-0.4, -0.2) is 48.4 Å². The van der Waals surface area contributed by atoms with Crippen LogP contribution < -0.4 is 5.32 Å². The minimum Gasteiger partial charge on any atom is -0.394 e. The molecule has 3 rings (SSSR count). The van der Waals surface area contributed by atoms with Gasteiger partial charge in [0.2, 0.25) is 0 Å². The summed E-state index contributed by atoms with van der Waals surface area (Å²) in [5.74, 6) is 0. The maximum Gasteiger partial charge on any atom is 0.317 e. The molecule has 2 N–H and O–H groups in total. The molecule has 0 saturated carbocycles. The molecule has 0 unspecified atom stereocenters. The molecule has 0 bridgehead atoms. The van der Waals surface area contributed by atoms with Gasteiger partial charge < -0.3 is 20.1 Å². The van der Waals surface area contributed by atoms with Crippen LogP contribution in [0.3, 0.4) is 0 Å². The maximum absolute atomic E-state index is 12.5. The van der Waals surface area contributed by atoms with Crippen LogP contribution in [0.5, 0.6) is 0 Å². The largest absolute Gasteiger partial charge is 0.394 e. The van der Waals surface area contributed by atoms with E-state index < -0.39 is 0 Å². The number of hydrogen-bond donors (Lipinski definition) is 2. The minimum atomic E-state index is -0.0442. The smallest absolute Gasteiger partial charge is 0.317 e. The molecule has 0 spiro atoms. The molecule has 24 heavy (non-hydrogen) atoms. The number of thiophene rings is 1. The number of aliphatic hydroxyl groups is 1. The van der Waals surface area contributed by atoms with Crippen LogP contribution in [0.25, 0.3) is 10.1 Å². The number of aliphatic hydroxyl groups excluding tert-OH is 1. The molecule has 130 valence electrons. The summed E-state index contributed by atoms with van der Waals surface area (Å²) in [7, 11) is 0. The van der Waals surface area contributed by atoms with Gasteiger partial charge in [-0.3, -0.25) is 0 Å². The van der Waals surface area contributed by atoms with Crippen molar-refractivity contribution < 1.29 is 14.6 Å². The minimum absolute atomic E-state index is 0.0195. The molecule has 1 aromatic heterocycles. The fraction of sp³-hybridized carbons (Fsp3) is 0.500. The first-order chi connectivity index (χ1) is 11.7. The first-order valence-electron chi connectivity index (χ1n) is 8.43. The second-order valence-corrected chi connectivity index (χ2v) is 7.28. The number of benzene rings is 1. The lowest BCUT2D eigenvalue weighted by Crippen LogP contribution is -2.48. The van der Waals surface area contributed by atoms with Crippen molar-refractivity contribution in [2.24, 2.45) is 0 Å². The summed E-state index contributed by atoms with van der Waals surface area (Å²) >= 11 is 1.72. The topological polar surface area (TPSA) is 61.8 Å². The van der Waals surface area contributed by atoms with Crippen LogP contribution in [-0.2, 0) is 4.74 Å². The van der Waals surface area contributed by atoms with Crippen molar-refractivity contribution in [3.05, 3.63) is 35.2 Å². The molecule has 2 heterocycles. The van der Waals surface area contributed by atoms with E-state index >= 15 is 0 Å². The Morgan fingerprint density at radius 3 is 3.12 bits per heavy atom. The van der Waals surface area contributed by atoms with Gasteiger partial charge in [0.25, 0.3) is 0 Å². The molecule has 0 radical (unpaired) electrons. The van der Waals surface area contributed by atoms with Crippen molar-refractivity contribution in [1.29, 1.82) is 0 Å². The molecule has 2 aromatic rings. The molecule has 1 aromatic carbocycles. The van der Waals surface area contributed by atoms with Gasteiger partial charge in [-0.05, 0) is 37.3 Å². The summed E-state index contributed by atoms with van der Waals surface area (Å²) in [4.78, 5) is 15.5. The van der Waals surface area contributed by atoms with E-state index in [2.05, 4.69) is 23.5 Å². The van der Waals surface area contributed by atoms with Crippen LogP contribution in [0.15, 0.2) is 30.3 Å². The molecular weight excluding hydrogens is 324 g/mol. The van der Waals surface area contributed by atoms with Crippen molar-refractivity contribution in [3.63, 3.8) is 0 Å². The third-order valence-corrected chi connectivity index (χ3v) is 5.62. The van der Waals surface area contributed by atoms with Crippen molar-refractivity contribution in [3.8, 4) is 0 Å². The molecule has 6 heteroatoms. The van der Waals surface area contributed by atoms with Crippen molar-refractivity contribution in [2.75, 3.05) is 26.3 Å². The van der Waals surface area contributed by atoms with Crippen molar-refractivity contribution in [2.45, 2.75) is 31.9 Å². The third-order valence-electron chi connectivity index (χ3n) is 4.32. The Labute approximate surface area is 146 Å². The van der Waals surface area contributed by atoms with Gasteiger partial charge in [0.15, 0.2) is 0 Å². The molecule has 1 fully saturated rings. The zero-order valence-electron chi connectivity index (χ0n) is 13.9. The lowest BCUT2D eigenvalue weighted by Gasteiger charge is -2.33. The Kier molecular flexibility index (Phi) is 5.71. The van der Waals surface area contributed by atoms with Crippen molar-refractivity contribution in [1.82, 2.24) is 10.2 Å². The number of likely N-dealkylation sites (tertiary alicyclic amines) is 1. The Morgan fingerprint density at radius 2 is 2.33 bits per heavy atom. The van der Waals surface area contributed by atoms with E-state index in [1.165, 1.54) is 10.1 Å². The zero-order chi connectivity index (χ0) is 16.9. The summed E-state index contributed by atoms with van der Waals surface area (Å²) < 4.78 is 6.81. The summed E-state index contributed by atoms with van der Waals surface area (Å²) in [5.41, 5.74) is 0. The second-order valence-electron chi connectivity index (χ2n) is 6.16. The molecule has 1 saturated heterocycles. The maximum atomic E-state index is 12.5. The average Bonchev–Trinajstić information content (AvgIpc) is 3.04. The highest BCUT2D eigenvalue weighted by molar-refractivity contribution is 7.19. The molecule has 5 nitrogen and oxygen atoms in total. The highest BCUT2D eigenvalue weighted by Gasteiger charge is 2.25. The predicted molar refractivity (Wildman–Crippen MR) is 96.4 cm³/mol. The fourth-order valence-corrected chi connectivity index (χ4v) is 4.11. The van der Waals surface area contributed by atoms with Crippen LogP contribution in [0.1, 0.15) is 30.7 Å². The number of nitrogens with zero attached hydrogens (tertiary/aromatic N) is 1. The molecule has 1 aliphatic heterocycles. The second kappa shape index (κ2) is 7.96. The quantitative estimate of drug-likeness (QED) is 0.872. The summed E-state index contributed by atoms with van der Waals surface area (Å²) in [6.45, 7) is 3.71. The number of carbonyl (C=O) groups excluding carboxylic acids is 1. The molecular formula is C18H24N2O3S. The van der Waals surface area contributed by atoms with Crippen LogP contribution in [0.4, 0.5) is 4.79 Å². The lowest BCUT2D eigenvalue weighted by atomic mass is 10.1. The zero-order valence-corrected chi connectivity index (χ0v) is 14.7. The average molecular weight is 348 g/mol. The highest BCUT2D eigenvalue weighted by Crippen LogP contribution is 2.29. The highest BCUT2D eigenvalue weighted by atomic mass is 32.1. The van der Waals surface area contributed by atoms with Crippen molar-refractivity contribution >= 4 is 27.5 Å². The number of ether oxygens (including phenoxy) is 1. The predicted octanol–water partition coefficient (Wildman–Crippen LogP) is 3.15. The Morgan fingerprint density at radius 1 is 1.50 bits per heavy atom. The molecule has 1 aliphatic rings. The Bertz CT molecular complexity index is 655. The van der Waals surface area contributed by atoms with E-state index in [1.54, 1.807) is 11.3 Å². The van der Waals surface area contributed by atoms with E-state index in [0.717, 1.165) is 24.3 Å². The van der Waals surface area contributed by atoms with Gasteiger partial charge in [-0.25, -0.2) is 4.79 Å². The molecule has 0 aliphatic carbocycles. The van der Waals surface area contributed by atoms with Gasteiger partial charge >= 0.3 is 6.03 Å². The Hall–Kier alpha value is -1.63. The number of carbonyl (C=O) groups is 1. The van der Waals surface area contributed by atoms with Gasteiger partial charge in [-0.2, -0.15) is 0 Å². The summed E-state index contributed by atoms with van der Waals surface area (Å²) in [5, 5.41) is 13.2. The van der Waals surface area contributed by atoms with E-state index in [0.29, 0.717) is 13.2 Å². The Balaban J connectivity index is 1.59. The number of fused-ring (bicyclic) bond motifs is 1. The SMILES string of the molecule is C[C@H](NC(=O)N1CCC[C@@H](OCCO)C1)c1cc2ccccc2s1. The van der Waals surface area contributed by atoms with E-state index in [9.17, 15) is 4.79 Å². The number of piperidine rings is 1. The number of urea groups is 1. The van der Waals surface area contributed by atoms with E-state index in [-0.39, 0.29) is 24.8 Å². The van der Waals surface area contributed by atoms with Gasteiger partial charge in [-0.15, -0.1) is 11.3 Å².